The van der Waals surface area contributed by atoms with Crippen LogP contribution in [0.2, 0.25) is 5.02 Å². The van der Waals surface area contributed by atoms with Crippen LogP contribution in [0.25, 0.3) is 0 Å². The minimum atomic E-state index is -0.0328. The summed E-state index contributed by atoms with van der Waals surface area (Å²) >= 11 is 6.34. The first-order valence-electron chi connectivity index (χ1n) is 7.50. The molecule has 1 fully saturated rings. The highest BCUT2D eigenvalue weighted by molar-refractivity contribution is 6.31. The van der Waals surface area contributed by atoms with E-state index in [1.54, 1.807) is 0 Å². The van der Waals surface area contributed by atoms with Gasteiger partial charge in [-0.15, -0.1) is 0 Å². The Labute approximate surface area is 135 Å². The summed E-state index contributed by atoms with van der Waals surface area (Å²) < 4.78 is 0. The van der Waals surface area contributed by atoms with Gasteiger partial charge in [-0.25, -0.2) is 0 Å². The predicted molar refractivity (Wildman–Crippen MR) is 89.3 cm³/mol. The van der Waals surface area contributed by atoms with Crippen LogP contribution in [0.4, 0.5) is 0 Å². The molecule has 3 rings (SSSR count). The molecule has 2 aromatic rings. The molecule has 1 heterocycles. The quantitative estimate of drug-likeness (QED) is 0.921. The second kappa shape index (κ2) is 6.51. The van der Waals surface area contributed by atoms with Gasteiger partial charge in [0.2, 0.25) is 0 Å². The SMILES string of the molecule is Cc1ccccc1C(=O)N1CCNCC1c1ccccc1Cl. The molecular weight excluding hydrogens is 296 g/mol. The monoisotopic (exact) mass is 314 g/mol. The third kappa shape index (κ3) is 2.87. The molecule has 1 unspecified atom stereocenters. The van der Waals surface area contributed by atoms with E-state index in [4.69, 9.17) is 11.6 Å². The Balaban J connectivity index is 1.95. The Morgan fingerprint density at radius 1 is 1.18 bits per heavy atom. The molecule has 3 nitrogen and oxygen atoms in total. The van der Waals surface area contributed by atoms with E-state index < -0.39 is 0 Å². The molecule has 1 N–H and O–H groups in total. The first kappa shape index (κ1) is 15.1. The van der Waals surface area contributed by atoms with Crippen LogP contribution >= 0.6 is 11.6 Å². The average molecular weight is 315 g/mol. The van der Waals surface area contributed by atoms with Gasteiger partial charge in [0.1, 0.15) is 0 Å². The van der Waals surface area contributed by atoms with E-state index in [9.17, 15) is 4.79 Å². The van der Waals surface area contributed by atoms with Crippen LogP contribution in [0, 0.1) is 6.92 Å². The third-order valence-corrected chi connectivity index (χ3v) is 4.49. The largest absolute Gasteiger partial charge is 0.329 e. The zero-order valence-corrected chi connectivity index (χ0v) is 13.3. The number of piperazine rings is 1. The fraction of sp³-hybridized carbons (Fsp3) is 0.278. The van der Waals surface area contributed by atoms with E-state index in [1.807, 2.05) is 60.4 Å². The van der Waals surface area contributed by atoms with Crippen LogP contribution < -0.4 is 5.32 Å². The van der Waals surface area contributed by atoms with Crippen molar-refractivity contribution in [3.05, 3.63) is 70.2 Å². The van der Waals surface area contributed by atoms with Crippen molar-refractivity contribution < 1.29 is 4.79 Å². The lowest BCUT2D eigenvalue weighted by Crippen LogP contribution is -2.48. The zero-order chi connectivity index (χ0) is 15.5. The lowest BCUT2D eigenvalue weighted by molar-refractivity contribution is 0.0633. The molecule has 22 heavy (non-hydrogen) atoms. The summed E-state index contributed by atoms with van der Waals surface area (Å²) in [5, 5.41) is 4.07. The molecule has 1 aliphatic heterocycles. The van der Waals surface area contributed by atoms with Crippen molar-refractivity contribution in [2.75, 3.05) is 19.6 Å². The van der Waals surface area contributed by atoms with E-state index >= 15 is 0 Å². The van der Waals surface area contributed by atoms with Gasteiger partial charge < -0.3 is 10.2 Å². The number of amides is 1. The van der Waals surface area contributed by atoms with E-state index in [2.05, 4.69) is 5.32 Å². The zero-order valence-electron chi connectivity index (χ0n) is 12.6. The third-order valence-electron chi connectivity index (χ3n) is 4.14. The van der Waals surface area contributed by atoms with Gasteiger partial charge in [0.25, 0.3) is 5.91 Å². The number of hydrogen-bond acceptors (Lipinski definition) is 2. The number of hydrogen-bond donors (Lipinski definition) is 1. The molecule has 2 aromatic carbocycles. The molecule has 0 aromatic heterocycles. The Morgan fingerprint density at radius 2 is 1.91 bits per heavy atom. The van der Waals surface area contributed by atoms with Gasteiger partial charge in [0.05, 0.1) is 6.04 Å². The van der Waals surface area contributed by atoms with Gasteiger partial charge in [-0.3, -0.25) is 4.79 Å². The van der Waals surface area contributed by atoms with Crippen molar-refractivity contribution >= 4 is 17.5 Å². The van der Waals surface area contributed by atoms with E-state index in [-0.39, 0.29) is 11.9 Å². The molecule has 0 radical (unpaired) electrons. The summed E-state index contributed by atoms with van der Waals surface area (Å²) in [6.07, 6.45) is 0. The molecule has 0 saturated carbocycles. The van der Waals surface area contributed by atoms with Gasteiger partial charge in [-0.05, 0) is 30.2 Å². The minimum absolute atomic E-state index is 0.0328. The summed E-state index contributed by atoms with van der Waals surface area (Å²) in [6.45, 7) is 4.18. The van der Waals surface area contributed by atoms with Gasteiger partial charge >= 0.3 is 0 Å². The van der Waals surface area contributed by atoms with Crippen LogP contribution in [0.1, 0.15) is 27.5 Å². The van der Waals surface area contributed by atoms with Crippen molar-refractivity contribution in [2.45, 2.75) is 13.0 Å². The smallest absolute Gasteiger partial charge is 0.254 e. The highest BCUT2D eigenvalue weighted by Gasteiger charge is 2.30. The fourth-order valence-corrected chi connectivity index (χ4v) is 3.20. The van der Waals surface area contributed by atoms with Crippen molar-refractivity contribution in [3.63, 3.8) is 0 Å². The summed E-state index contributed by atoms with van der Waals surface area (Å²) in [5.74, 6) is 0.0736. The summed E-state index contributed by atoms with van der Waals surface area (Å²) in [4.78, 5) is 14.9. The molecule has 1 amide bonds. The van der Waals surface area contributed by atoms with E-state index in [0.717, 1.165) is 29.8 Å². The van der Waals surface area contributed by atoms with Gasteiger partial charge in [-0.2, -0.15) is 0 Å². The topological polar surface area (TPSA) is 32.3 Å². The van der Waals surface area contributed by atoms with Crippen LogP contribution in [-0.4, -0.2) is 30.4 Å². The van der Waals surface area contributed by atoms with Crippen LogP contribution in [0.5, 0.6) is 0 Å². The molecule has 4 heteroatoms. The van der Waals surface area contributed by atoms with Crippen molar-refractivity contribution in [3.8, 4) is 0 Å². The Morgan fingerprint density at radius 3 is 2.68 bits per heavy atom. The highest BCUT2D eigenvalue weighted by atomic mass is 35.5. The summed E-state index contributed by atoms with van der Waals surface area (Å²) in [7, 11) is 0. The number of benzene rings is 2. The maximum Gasteiger partial charge on any atom is 0.254 e. The number of aryl methyl sites for hydroxylation is 1. The molecule has 0 bridgehead atoms. The first-order valence-corrected chi connectivity index (χ1v) is 7.88. The summed E-state index contributed by atoms with van der Waals surface area (Å²) in [6, 6.07) is 15.4. The maximum absolute atomic E-state index is 13.0. The molecule has 0 spiro atoms. The number of nitrogens with one attached hydrogen (secondary N) is 1. The van der Waals surface area contributed by atoms with E-state index in [0.29, 0.717) is 11.6 Å². The highest BCUT2D eigenvalue weighted by Crippen LogP contribution is 2.29. The second-order valence-corrected chi connectivity index (χ2v) is 5.96. The maximum atomic E-state index is 13.0. The predicted octanol–water partition coefficient (Wildman–Crippen LogP) is 3.44. The van der Waals surface area contributed by atoms with Gasteiger partial charge in [0.15, 0.2) is 0 Å². The molecule has 1 saturated heterocycles. The molecule has 1 aliphatic rings. The Hall–Kier alpha value is -1.84. The van der Waals surface area contributed by atoms with Gasteiger partial charge in [-0.1, -0.05) is 48.0 Å². The lowest BCUT2D eigenvalue weighted by Gasteiger charge is -2.37. The average Bonchev–Trinajstić information content (AvgIpc) is 2.55. The van der Waals surface area contributed by atoms with Crippen molar-refractivity contribution in [2.24, 2.45) is 0 Å². The number of halogens is 1. The molecular formula is C18H19ClN2O. The Bertz CT molecular complexity index is 686. The number of carbonyl (C=O) groups excluding carboxylic acids is 1. The Kier molecular flexibility index (Phi) is 4.46. The number of rotatable bonds is 2. The normalized spacial score (nSPS) is 18.3. The second-order valence-electron chi connectivity index (χ2n) is 5.55. The van der Waals surface area contributed by atoms with Crippen molar-refractivity contribution in [1.82, 2.24) is 10.2 Å². The van der Waals surface area contributed by atoms with Crippen LogP contribution in [0.3, 0.4) is 0 Å². The minimum Gasteiger partial charge on any atom is -0.329 e. The standard InChI is InChI=1S/C18H19ClN2O/c1-13-6-2-3-7-14(13)18(22)21-11-10-20-12-17(21)15-8-4-5-9-16(15)19/h2-9,17,20H,10-12H2,1H3. The fourth-order valence-electron chi connectivity index (χ4n) is 2.94. The molecule has 114 valence electrons. The van der Waals surface area contributed by atoms with Crippen molar-refractivity contribution in [1.29, 1.82) is 0 Å². The van der Waals surface area contributed by atoms with Gasteiger partial charge in [0, 0.05) is 30.2 Å². The number of nitrogens with zero attached hydrogens (tertiary/aromatic N) is 1. The van der Waals surface area contributed by atoms with Crippen LogP contribution in [-0.2, 0) is 0 Å². The first-order chi connectivity index (χ1) is 10.7. The van der Waals surface area contributed by atoms with Crippen LogP contribution in [0.15, 0.2) is 48.5 Å². The lowest BCUT2D eigenvalue weighted by atomic mass is 10.0. The summed E-state index contributed by atoms with van der Waals surface area (Å²) in [5.41, 5.74) is 2.77. The van der Waals surface area contributed by atoms with E-state index in [1.165, 1.54) is 0 Å². The number of carbonyl (C=O) groups is 1. The molecule has 0 aliphatic carbocycles. The molecule has 1 atom stereocenters.